The average molecular weight is 279 g/mol. The van der Waals surface area contributed by atoms with Crippen molar-refractivity contribution in [1.82, 2.24) is 0 Å². The van der Waals surface area contributed by atoms with Gasteiger partial charge < -0.3 is 5.73 Å². The molecule has 4 heteroatoms. The maximum Gasteiger partial charge on any atom is 0.124 e. The van der Waals surface area contributed by atoms with Crippen LogP contribution < -0.4 is 5.73 Å². The van der Waals surface area contributed by atoms with Gasteiger partial charge in [-0.3, -0.25) is 0 Å². The molecule has 0 bridgehead atoms. The largest absolute Gasteiger partial charge is 0.323 e. The van der Waals surface area contributed by atoms with Crippen molar-refractivity contribution in [3.63, 3.8) is 0 Å². The summed E-state index contributed by atoms with van der Waals surface area (Å²) < 4.78 is 26.0. The molecule has 0 saturated carbocycles. The minimum absolute atomic E-state index is 0.0623. The minimum atomic E-state index is -0.276. The van der Waals surface area contributed by atoms with Crippen LogP contribution in [-0.2, 0) is 0 Å². The van der Waals surface area contributed by atoms with Gasteiger partial charge in [-0.25, -0.2) is 8.78 Å². The summed E-state index contributed by atoms with van der Waals surface area (Å²) >= 11 is 1.51. The van der Waals surface area contributed by atoms with Gasteiger partial charge in [-0.05, 0) is 35.9 Å². The van der Waals surface area contributed by atoms with Crippen molar-refractivity contribution in [2.24, 2.45) is 5.73 Å². The van der Waals surface area contributed by atoms with Gasteiger partial charge in [0.15, 0.2) is 0 Å². The smallest absolute Gasteiger partial charge is 0.124 e. The Morgan fingerprint density at radius 1 is 1.00 bits per heavy atom. The highest BCUT2D eigenvalue weighted by atomic mass is 32.2. The number of benzene rings is 2. The molecule has 0 radical (unpaired) electrons. The van der Waals surface area contributed by atoms with Crippen LogP contribution in [0.5, 0.6) is 0 Å². The molecule has 2 aromatic carbocycles. The number of nitrogens with two attached hydrogens (primary N) is 1. The monoisotopic (exact) mass is 279 g/mol. The molecule has 0 aromatic heterocycles. The first-order valence-corrected chi connectivity index (χ1v) is 6.87. The maximum absolute atomic E-state index is 13.1. The molecule has 0 saturated heterocycles. The summed E-state index contributed by atoms with van der Waals surface area (Å²) in [5.74, 6) is -0.533. The van der Waals surface area contributed by atoms with Gasteiger partial charge in [-0.2, -0.15) is 0 Å². The van der Waals surface area contributed by atoms with E-state index in [1.165, 1.54) is 36.0 Å². The van der Waals surface area contributed by atoms with E-state index >= 15 is 0 Å². The normalized spacial score (nSPS) is 14.1. The highest BCUT2D eigenvalue weighted by Gasteiger charge is 2.16. The zero-order chi connectivity index (χ0) is 13.8. The number of hydrogen-bond donors (Lipinski definition) is 1. The summed E-state index contributed by atoms with van der Waals surface area (Å²) in [4.78, 5) is 0.838. The van der Waals surface area contributed by atoms with E-state index in [1.807, 2.05) is 13.0 Å². The molecule has 2 unspecified atom stereocenters. The summed E-state index contributed by atoms with van der Waals surface area (Å²) in [5.41, 5.74) is 7.01. The zero-order valence-corrected chi connectivity index (χ0v) is 11.3. The van der Waals surface area contributed by atoms with E-state index in [-0.39, 0.29) is 22.9 Å². The first-order valence-electron chi connectivity index (χ1n) is 5.99. The molecule has 19 heavy (non-hydrogen) atoms. The SMILES string of the molecule is CC(Sc1cccc(F)c1)C(N)c1ccc(F)cc1. The summed E-state index contributed by atoms with van der Waals surface area (Å²) in [6, 6.07) is 12.4. The summed E-state index contributed by atoms with van der Waals surface area (Å²) in [7, 11) is 0. The van der Waals surface area contributed by atoms with Crippen LogP contribution in [-0.4, -0.2) is 5.25 Å². The molecule has 100 valence electrons. The van der Waals surface area contributed by atoms with Crippen LogP contribution in [0.25, 0.3) is 0 Å². The third-order valence-electron chi connectivity index (χ3n) is 2.88. The van der Waals surface area contributed by atoms with Gasteiger partial charge in [0.05, 0.1) is 0 Å². The Hall–Kier alpha value is -1.39. The number of halogens is 2. The zero-order valence-electron chi connectivity index (χ0n) is 10.5. The molecular weight excluding hydrogens is 264 g/mol. The van der Waals surface area contributed by atoms with E-state index in [0.29, 0.717) is 0 Å². The maximum atomic E-state index is 13.1. The second kappa shape index (κ2) is 6.17. The van der Waals surface area contributed by atoms with Crippen molar-refractivity contribution >= 4 is 11.8 Å². The molecule has 0 amide bonds. The Balaban J connectivity index is 2.07. The number of thioether (sulfide) groups is 1. The molecule has 0 aliphatic heterocycles. The first-order chi connectivity index (χ1) is 9.06. The highest BCUT2D eigenvalue weighted by Crippen LogP contribution is 2.30. The Bertz CT molecular complexity index is 542. The van der Waals surface area contributed by atoms with E-state index < -0.39 is 0 Å². The lowest BCUT2D eigenvalue weighted by atomic mass is 10.1. The van der Waals surface area contributed by atoms with Gasteiger partial charge in [0.2, 0.25) is 0 Å². The van der Waals surface area contributed by atoms with Gasteiger partial charge in [-0.15, -0.1) is 11.8 Å². The Morgan fingerprint density at radius 3 is 2.32 bits per heavy atom. The van der Waals surface area contributed by atoms with Gasteiger partial charge in [0, 0.05) is 16.2 Å². The van der Waals surface area contributed by atoms with Crippen LogP contribution in [0.4, 0.5) is 8.78 Å². The van der Waals surface area contributed by atoms with Crippen LogP contribution >= 0.6 is 11.8 Å². The van der Waals surface area contributed by atoms with Gasteiger partial charge in [0.25, 0.3) is 0 Å². The molecule has 0 fully saturated rings. The van der Waals surface area contributed by atoms with Crippen LogP contribution in [0.2, 0.25) is 0 Å². The molecule has 0 heterocycles. The minimum Gasteiger partial charge on any atom is -0.323 e. The molecule has 0 aliphatic carbocycles. The predicted octanol–water partition coefficient (Wildman–Crippen LogP) is 4.15. The third-order valence-corrected chi connectivity index (χ3v) is 4.07. The van der Waals surface area contributed by atoms with Crippen molar-refractivity contribution in [3.8, 4) is 0 Å². The predicted molar refractivity (Wildman–Crippen MR) is 75.0 cm³/mol. The lowest BCUT2D eigenvalue weighted by Gasteiger charge is -2.20. The fraction of sp³-hybridized carbons (Fsp3) is 0.200. The Labute approximate surface area is 115 Å². The number of hydrogen-bond acceptors (Lipinski definition) is 2. The topological polar surface area (TPSA) is 26.0 Å². The molecule has 1 nitrogen and oxygen atoms in total. The molecule has 2 N–H and O–H groups in total. The van der Waals surface area contributed by atoms with Crippen LogP contribution in [0, 0.1) is 11.6 Å². The standard InChI is InChI=1S/C15H15F2NS/c1-10(19-14-4-2-3-13(17)9-14)15(18)11-5-7-12(16)8-6-11/h2-10,15H,18H2,1H3. The van der Waals surface area contributed by atoms with Crippen LogP contribution in [0.15, 0.2) is 53.4 Å². The van der Waals surface area contributed by atoms with Crippen molar-refractivity contribution in [1.29, 1.82) is 0 Å². The van der Waals surface area contributed by atoms with Crippen molar-refractivity contribution in [2.45, 2.75) is 23.1 Å². The Morgan fingerprint density at radius 2 is 1.68 bits per heavy atom. The van der Waals surface area contributed by atoms with E-state index in [1.54, 1.807) is 18.2 Å². The lowest BCUT2D eigenvalue weighted by molar-refractivity contribution is 0.622. The van der Waals surface area contributed by atoms with E-state index in [9.17, 15) is 8.78 Å². The number of rotatable bonds is 4. The van der Waals surface area contributed by atoms with Gasteiger partial charge in [0.1, 0.15) is 11.6 Å². The van der Waals surface area contributed by atoms with E-state index in [4.69, 9.17) is 5.73 Å². The molecule has 2 atom stereocenters. The first kappa shape index (κ1) is 14.0. The quantitative estimate of drug-likeness (QED) is 0.851. The molecule has 0 aliphatic rings. The summed E-state index contributed by atoms with van der Waals surface area (Å²) in [6.45, 7) is 1.98. The summed E-state index contributed by atoms with van der Waals surface area (Å²) in [6.07, 6.45) is 0. The molecule has 2 aromatic rings. The second-order valence-electron chi connectivity index (χ2n) is 4.36. The van der Waals surface area contributed by atoms with Gasteiger partial charge >= 0.3 is 0 Å². The van der Waals surface area contributed by atoms with Crippen LogP contribution in [0.1, 0.15) is 18.5 Å². The third kappa shape index (κ3) is 3.78. The fourth-order valence-electron chi connectivity index (χ4n) is 1.78. The molecule has 2 rings (SSSR count). The summed E-state index contributed by atoms with van der Waals surface area (Å²) in [5, 5.41) is 0.0623. The van der Waals surface area contributed by atoms with E-state index in [2.05, 4.69) is 0 Å². The molecule has 0 spiro atoms. The second-order valence-corrected chi connectivity index (χ2v) is 5.81. The Kier molecular flexibility index (Phi) is 4.56. The fourth-order valence-corrected chi connectivity index (χ4v) is 2.86. The van der Waals surface area contributed by atoms with Crippen molar-refractivity contribution in [3.05, 3.63) is 65.7 Å². The molecular formula is C15H15F2NS. The van der Waals surface area contributed by atoms with Crippen LogP contribution in [0.3, 0.4) is 0 Å². The van der Waals surface area contributed by atoms with Crippen molar-refractivity contribution < 1.29 is 8.78 Å². The van der Waals surface area contributed by atoms with E-state index in [0.717, 1.165) is 10.5 Å². The van der Waals surface area contributed by atoms with Crippen molar-refractivity contribution in [2.75, 3.05) is 0 Å². The lowest BCUT2D eigenvalue weighted by Crippen LogP contribution is -2.21. The highest BCUT2D eigenvalue weighted by molar-refractivity contribution is 8.00. The van der Waals surface area contributed by atoms with Gasteiger partial charge in [-0.1, -0.05) is 25.1 Å². The average Bonchev–Trinajstić information content (AvgIpc) is 2.39.